The van der Waals surface area contributed by atoms with Gasteiger partial charge in [-0.2, -0.15) is 0 Å². The highest BCUT2D eigenvalue weighted by Crippen LogP contribution is 2.14. The van der Waals surface area contributed by atoms with E-state index in [1.807, 2.05) is 26.0 Å². The lowest BCUT2D eigenvalue weighted by Crippen LogP contribution is -2.18. The van der Waals surface area contributed by atoms with Crippen molar-refractivity contribution < 1.29 is 14.3 Å². The molecule has 1 unspecified atom stereocenters. The van der Waals surface area contributed by atoms with Crippen LogP contribution >= 0.6 is 0 Å². The van der Waals surface area contributed by atoms with Gasteiger partial charge in [-0.25, -0.2) is 4.79 Å². The number of carbonyl (C=O) groups is 1. The van der Waals surface area contributed by atoms with E-state index in [1.54, 1.807) is 19.1 Å². The average molecular weight is 234 g/mol. The zero-order chi connectivity index (χ0) is 12.8. The Bertz CT molecular complexity index is 410. The molecule has 92 valence electrons. The van der Waals surface area contributed by atoms with Gasteiger partial charge in [-0.05, 0) is 38.5 Å². The number of allylic oxidation sites excluding steroid dienone is 1. The van der Waals surface area contributed by atoms with E-state index < -0.39 is 6.29 Å². The molecule has 0 spiro atoms. The summed E-state index contributed by atoms with van der Waals surface area (Å²) < 4.78 is 10.3. The molecule has 3 heteroatoms. The smallest absolute Gasteiger partial charge is 0.340 e. The molecular weight excluding hydrogens is 216 g/mol. The Morgan fingerprint density at radius 1 is 1.41 bits per heavy atom. The third kappa shape index (κ3) is 4.04. The van der Waals surface area contributed by atoms with Gasteiger partial charge in [0, 0.05) is 6.61 Å². The summed E-state index contributed by atoms with van der Waals surface area (Å²) in [5, 5.41) is 0. The summed E-state index contributed by atoms with van der Waals surface area (Å²) >= 11 is 0. The van der Waals surface area contributed by atoms with Gasteiger partial charge in [0.1, 0.15) is 0 Å². The van der Waals surface area contributed by atoms with Crippen molar-refractivity contribution in [1.29, 1.82) is 0 Å². The molecule has 0 bridgehead atoms. The lowest BCUT2D eigenvalue weighted by molar-refractivity contribution is -0.0940. The highest BCUT2D eigenvalue weighted by atomic mass is 16.7. The number of benzene rings is 1. The van der Waals surface area contributed by atoms with Gasteiger partial charge < -0.3 is 9.47 Å². The molecule has 1 aromatic carbocycles. The first-order valence-electron chi connectivity index (χ1n) is 5.63. The van der Waals surface area contributed by atoms with E-state index in [0.717, 1.165) is 11.1 Å². The molecule has 1 rings (SSSR count). The van der Waals surface area contributed by atoms with E-state index >= 15 is 0 Å². The van der Waals surface area contributed by atoms with Gasteiger partial charge in [-0.15, -0.1) is 0 Å². The lowest BCUT2D eigenvalue weighted by Gasteiger charge is -2.13. The second kappa shape index (κ2) is 6.21. The summed E-state index contributed by atoms with van der Waals surface area (Å²) in [4.78, 5) is 11.8. The van der Waals surface area contributed by atoms with Crippen LogP contribution in [0.3, 0.4) is 0 Å². The van der Waals surface area contributed by atoms with Gasteiger partial charge in [-0.1, -0.05) is 24.3 Å². The van der Waals surface area contributed by atoms with Gasteiger partial charge in [0.2, 0.25) is 0 Å². The van der Waals surface area contributed by atoms with Crippen molar-refractivity contribution in [2.75, 3.05) is 6.61 Å². The van der Waals surface area contributed by atoms with Crippen LogP contribution in [0, 0.1) is 0 Å². The van der Waals surface area contributed by atoms with Gasteiger partial charge in [0.15, 0.2) is 6.29 Å². The monoisotopic (exact) mass is 234 g/mol. The molecule has 17 heavy (non-hydrogen) atoms. The maximum Gasteiger partial charge on any atom is 0.340 e. The fourth-order valence-electron chi connectivity index (χ4n) is 1.40. The third-order valence-electron chi connectivity index (χ3n) is 2.27. The average Bonchev–Trinajstić information content (AvgIpc) is 2.29. The molecule has 0 N–H and O–H groups in total. The van der Waals surface area contributed by atoms with Crippen molar-refractivity contribution in [1.82, 2.24) is 0 Å². The van der Waals surface area contributed by atoms with E-state index in [9.17, 15) is 4.79 Å². The summed E-state index contributed by atoms with van der Waals surface area (Å²) in [7, 11) is 0. The largest absolute Gasteiger partial charge is 0.432 e. The van der Waals surface area contributed by atoms with E-state index in [4.69, 9.17) is 9.47 Å². The lowest BCUT2D eigenvalue weighted by atomic mass is 10.1. The molecule has 0 aromatic heterocycles. The van der Waals surface area contributed by atoms with Crippen LogP contribution in [-0.2, 0) is 9.47 Å². The minimum absolute atomic E-state index is 0.381. The molecule has 0 fully saturated rings. The van der Waals surface area contributed by atoms with Crippen LogP contribution in [-0.4, -0.2) is 18.9 Å². The Morgan fingerprint density at radius 2 is 2.06 bits per heavy atom. The van der Waals surface area contributed by atoms with Gasteiger partial charge in [-0.3, -0.25) is 0 Å². The van der Waals surface area contributed by atoms with Crippen LogP contribution in [0.1, 0.15) is 36.7 Å². The Labute approximate surface area is 102 Å². The van der Waals surface area contributed by atoms with Crippen LogP contribution in [0.15, 0.2) is 30.8 Å². The molecule has 0 aliphatic rings. The minimum Gasteiger partial charge on any atom is -0.432 e. The van der Waals surface area contributed by atoms with Crippen LogP contribution in [0.2, 0.25) is 0 Å². The maximum atomic E-state index is 11.8. The zero-order valence-corrected chi connectivity index (χ0v) is 10.5. The first-order chi connectivity index (χ1) is 8.04. The van der Waals surface area contributed by atoms with E-state index in [1.165, 1.54) is 0 Å². The number of rotatable bonds is 5. The molecular formula is C14H18O3. The summed E-state index contributed by atoms with van der Waals surface area (Å²) in [5.74, 6) is -0.381. The van der Waals surface area contributed by atoms with Crippen LogP contribution in [0.25, 0.3) is 5.57 Å². The highest BCUT2D eigenvalue weighted by molar-refractivity contribution is 5.90. The van der Waals surface area contributed by atoms with Crippen molar-refractivity contribution >= 4 is 11.5 Å². The van der Waals surface area contributed by atoms with Crippen molar-refractivity contribution in [3.05, 3.63) is 42.0 Å². The van der Waals surface area contributed by atoms with Gasteiger partial charge in [0.25, 0.3) is 0 Å². The Hall–Kier alpha value is -1.61. The van der Waals surface area contributed by atoms with E-state index in [2.05, 4.69) is 6.58 Å². The summed E-state index contributed by atoms with van der Waals surface area (Å²) in [6, 6.07) is 7.20. The van der Waals surface area contributed by atoms with Gasteiger partial charge in [0.05, 0.1) is 5.56 Å². The van der Waals surface area contributed by atoms with Crippen LogP contribution < -0.4 is 0 Å². The van der Waals surface area contributed by atoms with Crippen molar-refractivity contribution in [2.45, 2.75) is 27.1 Å². The minimum atomic E-state index is -0.527. The van der Waals surface area contributed by atoms with Gasteiger partial charge >= 0.3 is 5.97 Å². The number of esters is 1. The molecule has 0 saturated carbocycles. The third-order valence-corrected chi connectivity index (χ3v) is 2.27. The molecule has 0 heterocycles. The molecule has 1 atom stereocenters. The highest BCUT2D eigenvalue weighted by Gasteiger charge is 2.12. The molecule has 0 amide bonds. The first kappa shape index (κ1) is 13.5. The zero-order valence-electron chi connectivity index (χ0n) is 10.5. The van der Waals surface area contributed by atoms with Crippen molar-refractivity contribution in [3.63, 3.8) is 0 Å². The number of carbonyl (C=O) groups excluding carboxylic acids is 1. The fraction of sp³-hybridized carbons (Fsp3) is 0.357. The number of ether oxygens (including phenoxy) is 2. The Morgan fingerprint density at radius 3 is 2.65 bits per heavy atom. The SMILES string of the molecule is C=C(C)c1cccc(C(=O)OC(C)OCC)c1. The molecule has 3 nitrogen and oxygen atoms in total. The standard InChI is InChI=1S/C14H18O3/c1-5-16-11(4)17-14(15)13-8-6-7-12(9-13)10(2)3/h6-9,11H,2,5H2,1,3-4H3. The molecule has 0 radical (unpaired) electrons. The molecule has 0 saturated heterocycles. The van der Waals surface area contributed by atoms with E-state index in [-0.39, 0.29) is 5.97 Å². The first-order valence-corrected chi connectivity index (χ1v) is 5.63. The maximum absolute atomic E-state index is 11.8. The number of hydrogen-bond donors (Lipinski definition) is 0. The predicted molar refractivity (Wildman–Crippen MR) is 67.7 cm³/mol. The summed E-state index contributed by atoms with van der Waals surface area (Å²) in [5.41, 5.74) is 2.36. The van der Waals surface area contributed by atoms with Crippen LogP contribution in [0.5, 0.6) is 0 Å². The van der Waals surface area contributed by atoms with Crippen molar-refractivity contribution in [2.24, 2.45) is 0 Å². The molecule has 1 aromatic rings. The normalized spacial score (nSPS) is 11.9. The fourth-order valence-corrected chi connectivity index (χ4v) is 1.40. The van der Waals surface area contributed by atoms with Crippen LogP contribution in [0.4, 0.5) is 0 Å². The molecule has 0 aliphatic heterocycles. The summed E-state index contributed by atoms with van der Waals surface area (Å²) in [6.07, 6.45) is -0.527. The molecule has 0 aliphatic carbocycles. The Kier molecular flexibility index (Phi) is 4.91. The quantitative estimate of drug-likeness (QED) is 0.579. The predicted octanol–water partition coefficient (Wildman–Crippen LogP) is 3.26. The second-order valence-corrected chi connectivity index (χ2v) is 3.79. The van der Waals surface area contributed by atoms with Crippen molar-refractivity contribution in [3.8, 4) is 0 Å². The topological polar surface area (TPSA) is 35.5 Å². The van der Waals surface area contributed by atoms with E-state index in [0.29, 0.717) is 12.2 Å². The Balaban J connectivity index is 2.75. The second-order valence-electron chi connectivity index (χ2n) is 3.79. The summed E-state index contributed by atoms with van der Waals surface area (Å²) in [6.45, 7) is 9.80. The number of hydrogen-bond acceptors (Lipinski definition) is 3.